The lowest BCUT2D eigenvalue weighted by Crippen LogP contribution is -2.40. The highest BCUT2D eigenvalue weighted by Gasteiger charge is 2.25. The molecule has 0 radical (unpaired) electrons. The van der Waals surface area contributed by atoms with Crippen molar-refractivity contribution in [2.75, 3.05) is 13.1 Å². The lowest BCUT2D eigenvalue weighted by atomic mass is 9.95. The van der Waals surface area contributed by atoms with E-state index < -0.39 is 11.7 Å². The predicted molar refractivity (Wildman–Crippen MR) is 134 cm³/mol. The average Bonchev–Trinajstić information content (AvgIpc) is 3.20. The number of likely N-dealkylation sites (tertiary alicyclic amines) is 1. The summed E-state index contributed by atoms with van der Waals surface area (Å²) in [6.07, 6.45) is 3.44. The topological polar surface area (TPSA) is 54.5 Å². The van der Waals surface area contributed by atoms with Crippen LogP contribution in [-0.2, 0) is 4.79 Å². The van der Waals surface area contributed by atoms with E-state index >= 15 is 0 Å². The molecule has 2 heterocycles. The quantitative estimate of drug-likeness (QED) is 0.313. The summed E-state index contributed by atoms with van der Waals surface area (Å²) in [5.41, 5.74) is 5.55. The molecule has 0 saturated carbocycles. The SMILES string of the molecule is CCC(=O)c1sc(-c2ccc(C)cc2)c(C)c1-c1ccc(C(=O)C(=O)N2CCCCC2)cc1. The Morgan fingerprint density at radius 1 is 0.848 bits per heavy atom. The Morgan fingerprint density at radius 3 is 2.06 bits per heavy atom. The number of carbonyl (C=O) groups excluding carboxylic acids is 3. The lowest BCUT2D eigenvalue weighted by molar-refractivity contribution is -0.127. The second-order valence-electron chi connectivity index (χ2n) is 8.66. The predicted octanol–water partition coefficient (Wildman–Crippen LogP) is 6.49. The van der Waals surface area contributed by atoms with Gasteiger partial charge in [0, 0.05) is 35.5 Å². The maximum absolute atomic E-state index is 12.8. The number of Topliss-reactive ketones (excluding diaryl/α,β-unsaturated/α-hetero) is 2. The molecule has 4 nitrogen and oxygen atoms in total. The summed E-state index contributed by atoms with van der Waals surface area (Å²) < 4.78 is 0. The van der Waals surface area contributed by atoms with Crippen molar-refractivity contribution in [3.05, 3.63) is 70.1 Å². The van der Waals surface area contributed by atoms with Crippen LogP contribution in [0.5, 0.6) is 0 Å². The minimum atomic E-state index is -0.462. The molecule has 33 heavy (non-hydrogen) atoms. The van der Waals surface area contributed by atoms with Crippen molar-refractivity contribution in [2.45, 2.75) is 46.5 Å². The van der Waals surface area contributed by atoms with Crippen molar-refractivity contribution in [1.82, 2.24) is 4.90 Å². The first-order chi connectivity index (χ1) is 15.9. The number of rotatable bonds is 6. The van der Waals surface area contributed by atoms with Crippen molar-refractivity contribution in [3.63, 3.8) is 0 Å². The fourth-order valence-corrected chi connectivity index (χ4v) is 5.70. The molecule has 1 fully saturated rings. The van der Waals surface area contributed by atoms with E-state index in [0.29, 0.717) is 25.1 Å². The molecule has 0 unspecified atom stereocenters. The summed E-state index contributed by atoms with van der Waals surface area (Å²) in [6.45, 7) is 7.29. The first kappa shape index (κ1) is 23.1. The van der Waals surface area contributed by atoms with Crippen LogP contribution >= 0.6 is 11.3 Å². The zero-order chi connectivity index (χ0) is 23.5. The van der Waals surface area contributed by atoms with Gasteiger partial charge in [-0.25, -0.2) is 0 Å². The fraction of sp³-hybridized carbons (Fsp3) is 0.321. The number of nitrogens with zero attached hydrogens (tertiary/aromatic N) is 1. The molecule has 4 rings (SSSR count). The van der Waals surface area contributed by atoms with E-state index in [1.54, 1.807) is 17.0 Å². The molecule has 1 amide bonds. The first-order valence-corrected chi connectivity index (χ1v) is 12.4. The average molecular weight is 460 g/mol. The van der Waals surface area contributed by atoms with Crippen LogP contribution in [-0.4, -0.2) is 35.5 Å². The minimum Gasteiger partial charge on any atom is -0.336 e. The zero-order valence-electron chi connectivity index (χ0n) is 19.4. The number of hydrogen-bond acceptors (Lipinski definition) is 4. The molecule has 0 bridgehead atoms. The third-order valence-electron chi connectivity index (χ3n) is 6.31. The van der Waals surface area contributed by atoms with E-state index in [0.717, 1.165) is 51.3 Å². The molecule has 0 N–H and O–H groups in total. The number of benzene rings is 2. The summed E-state index contributed by atoms with van der Waals surface area (Å²) in [5.74, 6) is -0.773. The minimum absolute atomic E-state index is 0.108. The van der Waals surface area contributed by atoms with Crippen LogP contribution in [0.2, 0.25) is 0 Å². The molecular formula is C28H29NO3S. The Labute approximate surface area is 199 Å². The summed E-state index contributed by atoms with van der Waals surface area (Å²) in [5, 5.41) is 0. The second-order valence-corrected chi connectivity index (χ2v) is 9.68. The van der Waals surface area contributed by atoms with E-state index in [4.69, 9.17) is 0 Å². The molecule has 1 aliphatic heterocycles. The van der Waals surface area contributed by atoms with Crippen LogP contribution in [0.3, 0.4) is 0 Å². The van der Waals surface area contributed by atoms with Gasteiger partial charge in [-0.3, -0.25) is 14.4 Å². The van der Waals surface area contributed by atoms with Crippen molar-refractivity contribution in [3.8, 4) is 21.6 Å². The molecular weight excluding hydrogens is 430 g/mol. The van der Waals surface area contributed by atoms with E-state index in [1.807, 2.05) is 26.0 Å². The Balaban J connectivity index is 1.68. The number of thiophene rings is 1. The summed E-state index contributed by atoms with van der Waals surface area (Å²) in [4.78, 5) is 41.7. The van der Waals surface area contributed by atoms with Gasteiger partial charge in [0.1, 0.15) is 0 Å². The molecule has 5 heteroatoms. The molecule has 0 atom stereocenters. The number of carbonyl (C=O) groups is 3. The number of hydrogen-bond donors (Lipinski definition) is 0. The molecule has 1 aliphatic rings. The van der Waals surface area contributed by atoms with Gasteiger partial charge < -0.3 is 4.90 Å². The van der Waals surface area contributed by atoms with Crippen LogP contribution in [0.25, 0.3) is 21.6 Å². The van der Waals surface area contributed by atoms with Gasteiger partial charge in [-0.1, -0.05) is 61.0 Å². The monoisotopic (exact) mass is 459 g/mol. The van der Waals surface area contributed by atoms with Crippen molar-refractivity contribution < 1.29 is 14.4 Å². The Hall–Kier alpha value is -3.05. The van der Waals surface area contributed by atoms with Crippen molar-refractivity contribution >= 4 is 28.8 Å². The molecule has 0 spiro atoms. The van der Waals surface area contributed by atoms with Crippen LogP contribution in [0.15, 0.2) is 48.5 Å². The van der Waals surface area contributed by atoms with Gasteiger partial charge in [0.05, 0.1) is 4.88 Å². The molecule has 170 valence electrons. The maximum Gasteiger partial charge on any atom is 0.294 e. The molecule has 0 aliphatic carbocycles. The number of ketones is 2. The molecule has 3 aromatic rings. The highest BCUT2D eigenvalue weighted by atomic mass is 32.1. The molecule has 1 saturated heterocycles. The Bertz CT molecular complexity index is 1180. The van der Waals surface area contributed by atoms with Gasteiger partial charge in [-0.05, 0) is 49.8 Å². The van der Waals surface area contributed by atoms with Crippen LogP contribution in [0, 0.1) is 13.8 Å². The highest BCUT2D eigenvalue weighted by molar-refractivity contribution is 7.18. The molecule has 1 aromatic heterocycles. The van der Waals surface area contributed by atoms with E-state index in [9.17, 15) is 14.4 Å². The number of amides is 1. The van der Waals surface area contributed by atoms with Gasteiger partial charge in [0.25, 0.3) is 5.91 Å². The standard InChI is InChI=1S/C28H29NO3S/c1-4-23(30)27-24(19(3)26(33-27)22-10-8-18(2)9-11-22)20-12-14-21(15-13-20)25(31)28(32)29-16-6-5-7-17-29/h8-15H,4-7,16-17H2,1-3H3. The maximum atomic E-state index is 12.8. The highest BCUT2D eigenvalue weighted by Crippen LogP contribution is 2.42. The van der Waals surface area contributed by atoms with Crippen LogP contribution < -0.4 is 0 Å². The van der Waals surface area contributed by atoms with Crippen molar-refractivity contribution in [1.29, 1.82) is 0 Å². The van der Waals surface area contributed by atoms with Gasteiger partial charge in [-0.2, -0.15) is 0 Å². The third-order valence-corrected chi connectivity index (χ3v) is 7.69. The van der Waals surface area contributed by atoms with E-state index in [-0.39, 0.29) is 5.78 Å². The second kappa shape index (κ2) is 9.84. The largest absolute Gasteiger partial charge is 0.336 e. The van der Waals surface area contributed by atoms with E-state index in [2.05, 4.69) is 31.2 Å². The van der Waals surface area contributed by atoms with E-state index in [1.165, 1.54) is 16.9 Å². The van der Waals surface area contributed by atoms with Crippen LogP contribution in [0.4, 0.5) is 0 Å². The first-order valence-electron chi connectivity index (χ1n) is 11.6. The number of piperidine rings is 1. The van der Waals surface area contributed by atoms with Crippen molar-refractivity contribution in [2.24, 2.45) is 0 Å². The summed E-state index contributed by atoms with van der Waals surface area (Å²) in [7, 11) is 0. The lowest BCUT2D eigenvalue weighted by Gasteiger charge is -2.25. The summed E-state index contributed by atoms with van der Waals surface area (Å²) >= 11 is 1.53. The van der Waals surface area contributed by atoms with Gasteiger partial charge in [0.15, 0.2) is 5.78 Å². The normalized spacial score (nSPS) is 13.7. The fourth-order valence-electron chi connectivity index (χ4n) is 4.35. The van der Waals surface area contributed by atoms with Gasteiger partial charge in [-0.15, -0.1) is 11.3 Å². The summed E-state index contributed by atoms with van der Waals surface area (Å²) in [6, 6.07) is 15.5. The zero-order valence-corrected chi connectivity index (χ0v) is 20.3. The Morgan fingerprint density at radius 2 is 1.45 bits per heavy atom. The molecule has 2 aromatic carbocycles. The smallest absolute Gasteiger partial charge is 0.294 e. The van der Waals surface area contributed by atoms with Gasteiger partial charge in [0.2, 0.25) is 5.78 Å². The number of aryl methyl sites for hydroxylation is 1. The third kappa shape index (κ3) is 4.69. The van der Waals surface area contributed by atoms with Crippen LogP contribution in [0.1, 0.15) is 63.8 Å². The van der Waals surface area contributed by atoms with Gasteiger partial charge >= 0.3 is 0 Å². The Kier molecular flexibility index (Phi) is 6.89.